The number of aromatic nitrogens is 2. The predicted octanol–water partition coefficient (Wildman–Crippen LogP) is 20.2. The van der Waals surface area contributed by atoms with Gasteiger partial charge >= 0.3 is 0 Å². The second-order valence-electron chi connectivity index (χ2n) is 27.6. The van der Waals surface area contributed by atoms with Crippen molar-refractivity contribution in [1.82, 2.24) is 9.55 Å². The van der Waals surface area contributed by atoms with Crippen molar-refractivity contribution in [1.29, 1.82) is 0 Å². The van der Waals surface area contributed by atoms with Gasteiger partial charge < -0.3 is 19.1 Å². The van der Waals surface area contributed by atoms with Gasteiger partial charge in [-0.2, -0.15) is 12.1 Å². The van der Waals surface area contributed by atoms with Crippen LogP contribution >= 0.6 is 0 Å². The van der Waals surface area contributed by atoms with Crippen molar-refractivity contribution in [2.24, 2.45) is 33.5 Å². The van der Waals surface area contributed by atoms with Crippen LogP contribution in [-0.4, -0.2) is 9.55 Å². The minimum Gasteiger partial charge on any atom is -0.509 e. The third-order valence-electron chi connectivity index (χ3n) is 22.7. The van der Waals surface area contributed by atoms with Gasteiger partial charge in [0.1, 0.15) is 5.82 Å². The second-order valence-corrected chi connectivity index (χ2v) is 27.6. The molecule has 4 fully saturated rings. The maximum absolute atomic E-state index is 6.92. The van der Waals surface area contributed by atoms with E-state index in [1.165, 1.54) is 70.3 Å². The van der Waals surface area contributed by atoms with Gasteiger partial charge in [-0.15, -0.1) is 48.1 Å². The Kier molecular flexibility index (Phi) is 12.6. The van der Waals surface area contributed by atoms with Gasteiger partial charge in [0.25, 0.3) is 0 Å². The van der Waals surface area contributed by atoms with E-state index < -0.39 is 0 Å². The fourth-order valence-electron chi connectivity index (χ4n) is 18.4. The molecule has 426 valence electrons. The normalized spacial score (nSPS) is 25.3. The molecule has 4 saturated carbocycles. The van der Waals surface area contributed by atoms with E-state index in [1.807, 2.05) is 18.3 Å². The van der Waals surface area contributed by atoms with E-state index in [9.17, 15) is 0 Å². The van der Waals surface area contributed by atoms with Gasteiger partial charge in [-0.1, -0.05) is 202 Å². The van der Waals surface area contributed by atoms with Gasteiger partial charge in [0.15, 0.2) is 0 Å². The molecule has 3 heterocycles. The molecule has 1 aliphatic heterocycles. The zero-order valence-electron chi connectivity index (χ0n) is 50.0. The Bertz CT molecular complexity index is 4070. The van der Waals surface area contributed by atoms with Gasteiger partial charge in [-0.25, -0.2) is 4.98 Å². The Balaban J connectivity index is 0.00000627. The number of benzene rings is 8. The van der Waals surface area contributed by atoms with E-state index in [4.69, 9.17) is 9.72 Å². The molecule has 4 bridgehead atoms. The first kappa shape index (κ1) is 54.7. The minimum atomic E-state index is -0.303. The van der Waals surface area contributed by atoms with Crippen LogP contribution in [-0.2, 0) is 37.3 Å². The molecular formula is C78H75N4OPt-3. The van der Waals surface area contributed by atoms with Crippen LogP contribution in [0.15, 0.2) is 200 Å². The predicted molar refractivity (Wildman–Crippen MR) is 341 cm³/mol. The molecule has 15 rings (SSSR count). The maximum atomic E-state index is 6.92. The third-order valence-corrected chi connectivity index (χ3v) is 22.7. The summed E-state index contributed by atoms with van der Waals surface area (Å²) >= 11 is 0. The van der Waals surface area contributed by atoms with Crippen molar-refractivity contribution in [2.75, 3.05) is 9.80 Å². The van der Waals surface area contributed by atoms with Gasteiger partial charge in [-0.3, -0.25) is 0 Å². The average Bonchev–Trinajstić information content (AvgIpc) is 0.741. The molecule has 8 aromatic carbocycles. The van der Waals surface area contributed by atoms with Gasteiger partial charge in [-0.05, 0) is 151 Å². The quantitative estimate of drug-likeness (QED) is 0.128. The summed E-state index contributed by atoms with van der Waals surface area (Å²) in [6.07, 6.45) is 9.09. The summed E-state index contributed by atoms with van der Waals surface area (Å²) in [5, 5.41) is 2.25. The Morgan fingerprint density at radius 1 is 0.536 bits per heavy atom. The molecule has 6 atom stereocenters. The van der Waals surface area contributed by atoms with Gasteiger partial charge in [0.05, 0.1) is 0 Å². The van der Waals surface area contributed by atoms with E-state index in [0.29, 0.717) is 23.3 Å². The first-order valence-corrected chi connectivity index (χ1v) is 30.5. The monoisotopic (exact) mass is 1280 g/mol. The summed E-state index contributed by atoms with van der Waals surface area (Å²) in [5.41, 5.74) is 15.5. The molecular weight excluding hydrogens is 1200 g/mol. The summed E-state index contributed by atoms with van der Waals surface area (Å²) in [6.45, 7) is 24.8. The topological polar surface area (TPSA) is 33.5 Å². The Hall–Kier alpha value is -7.20. The Morgan fingerprint density at radius 2 is 1.08 bits per heavy atom. The molecule has 6 unspecified atom stereocenters. The molecule has 2 aromatic heterocycles. The maximum Gasteiger partial charge on any atom is 0.135 e. The molecule has 10 aromatic rings. The SMILES string of the molecule is CC(C)(C)c1ccnc(-n2c3[c-]c(Oc4[c-]c(N5[CH-]N(c6c(C7(c8ccccc8)C8CCCC7(C)C8(C)C)cc(-c7ccccc7)cc6C6(c7ccccc7)C7CCCC6(C)C7(C)C)c6ccccc65)ccc4)ccc3c3ccccc32)c1.[Pt]. The fraction of sp³-hybridized carbons (Fsp3) is 0.308. The summed E-state index contributed by atoms with van der Waals surface area (Å²) < 4.78 is 9.15. The van der Waals surface area contributed by atoms with E-state index in [1.54, 1.807) is 0 Å². The summed E-state index contributed by atoms with van der Waals surface area (Å²) in [6, 6.07) is 80.2. The Labute approximate surface area is 512 Å². The molecule has 6 heteroatoms. The van der Waals surface area contributed by atoms with Crippen LogP contribution < -0.4 is 14.5 Å². The number of anilines is 4. The number of pyridine rings is 1. The van der Waals surface area contributed by atoms with Crippen molar-refractivity contribution < 1.29 is 25.8 Å². The summed E-state index contributed by atoms with van der Waals surface area (Å²) in [5.74, 6) is 2.91. The van der Waals surface area contributed by atoms with Crippen molar-refractivity contribution in [3.8, 4) is 28.4 Å². The molecule has 84 heavy (non-hydrogen) atoms. The van der Waals surface area contributed by atoms with Crippen LogP contribution in [0, 0.1) is 52.3 Å². The largest absolute Gasteiger partial charge is 0.509 e. The number of para-hydroxylation sites is 3. The first-order chi connectivity index (χ1) is 40.0. The first-order valence-electron chi connectivity index (χ1n) is 30.5. The molecule has 0 amide bonds. The average molecular weight is 1280 g/mol. The molecule has 0 N–H and O–H groups in total. The minimum absolute atomic E-state index is 0. The third kappa shape index (κ3) is 7.33. The van der Waals surface area contributed by atoms with Crippen LogP contribution in [0.4, 0.5) is 22.7 Å². The smallest absolute Gasteiger partial charge is 0.135 e. The van der Waals surface area contributed by atoms with Crippen molar-refractivity contribution in [3.05, 3.63) is 247 Å². The molecule has 0 radical (unpaired) electrons. The van der Waals surface area contributed by atoms with Crippen LogP contribution in [0.3, 0.4) is 0 Å². The molecule has 0 spiro atoms. The zero-order chi connectivity index (χ0) is 56.9. The second kappa shape index (κ2) is 19.4. The number of nitrogens with zero attached hydrogens (tertiary/aromatic N) is 4. The molecule has 4 aliphatic carbocycles. The molecule has 0 saturated heterocycles. The van der Waals surface area contributed by atoms with Crippen molar-refractivity contribution >= 4 is 44.6 Å². The van der Waals surface area contributed by atoms with E-state index >= 15 is 0 Å². The van der Waals surface area contributed by atoms with E-state index in [-0.39, 0.29) is 59.0 Å². The van der Waals surface area contributed by atoms with Crippen LogP contribution in [0.5, 0.6) is 11.5 Å². The standard InChI is InChI=1S/C78H75N4O.Pt/c1-72(2,3)56-42-45-79-70(48-56)82-64-35-20-19-34-60(64)61-41-40-59(50-67(61)82)83-58-33-23-32-57(49-58)80-51-81(66-37-22-21-36-65(66)80)71-62(77(54-28-15-11-16-29-54)68-38-24-43-75(77,8)73(68,4)5)46-53(52-26-13-10-14-27-52)47-63(71)78(55-30-17-12-18-31-55)69-39-25-44-76(78,9)74(69,6)7;/h10-23,26-37,40-42,45-48,51,68-69H,24-25,38-39,43-44H2,1-9H3;/q-3;. The number of hydrogen-bond acceptors (Lipinski definition) is 4. The Morgan fingerprint density at radius 3 is 1.67 bits per heavy atom. The van der Waals surface area contributed by atoms with E-state index in [2.05, 4.69) is 277 Å². The molecule has 5 aliphatic rings. The van der Waals surface area contributed by atoms with Crippen LogP contribution in [0.1, 0.15) is 129 Å². The van der Waals surface area contributed by atoms with Gasteiger partial charge in [0.2, 0.25) is 0 Å². The number of rotatable bonds is 10. The van der Waals surface area contributed by atoms with E-state index in [0.717, 1.165) is 57.5 Å². The van der Waals surface area contributed by atoms with Crippen molar-refractivity contribution in [2.45, 2.75) is 117 Å². The van der Waals surface area contributed by atoms with Crippen molar-refractivity contribution in [3.63, 3.8) is 0 Å². The summed E-state index contributed by atoms with van der Waals surface area (Å²) in [4.78, 5) is 9.95. The fourth-order valence-corrected chi connectivity index (χ4v) is 18.4. The number of hydrogen-bond donors (Lipinski definition) is 0. The zero-order valence-corrected chi connectivity index (χ0v) is 52.3. The molecule has 5 nitrogen and oxygen atoms in total. The number of ether oxygens (including phenoxy) is 1. The van der Waals surface area contributed by atoms with Crippen LogP contribution in [0.25, 0.3) is 38.8 Å². The number of fused-ring (bicyclic) bond motifs is 8. The van der Waals surface area contributed by atoms with Crippen LogP contribution in [0.2, 0.25) is 0 Å². The van der Waals surface area contributed by atoms with Gasteiger partial charge in [0, 0.05) is 72.2 Å². The summed E-state index contributed by atoms with van der Waals surface area (Å²) in [7, 11) is 0.